The van der Waals surface area contributed by atoms with Crippen LogP contribution in [0.1, 0.15) is 30.1 Å². The Morgan fingerprint density at radius 1 is 1.10 bits per heavy atom. The number of fused-ring (bicyclic) bond motifs is 2. The predicted octanol–water partition coefficient (Wildman–Crippen LogP) is 1.77. The van der Waals surface area contributed by atoms with E-state index in [9.17, 15) is 13.5 Å². The van der Waals surface area contributed by atoms with Crippen molar-refractivity contribution in [1.29, 1.82) is 0 Å². The van der Waals surface area contributed by atoms with Crippen LogP contribution in [0.3, 0.4) is 0 Å². The van der Waals surface area contributed by atoms with Crippen LogP contribution in [0.15, 0.2) is 42.5 Å². The van der Waals surface area contributed by atoms with E-state index in [0.717, 1.165) is 29.9 Å². The third-order valence-corrected chi connectivity index (χ3v) is 7.56. The van der Waals surface area contributed by atoms with Crippen molar-refractivity contribution in [2.45, 2.75) is 31.5 Å². The van der Waals surface area contributed by atoms with Crippen molar-refractivity contribution in [3.63, 3.8) is 0 Å². The molecule has 0 amide bonds. The second-order valence-corrected chi connectivity index (χ2v) is 9.54. The first kappa shape index (κ1) is 19.6. The number of rotatable bonds is 4. The van der Waals surface area contributed by atoms with Gasteiger partial charge in [0, 0.05) is 32.2 Å². The van der Waals surface area contributed by atoms with Crippen LogP contribution in [-0.2, 0) is 16.8 Å². The summed E-state index contributed by atoms with van der Waals surface area (Å²) in [7, 11) is -3.54. The minimum absolute atomic E-state index is 0.0945. The molecule has 2 N–H and O–H groups in total. The monoisotopic (exact) mass is 431 g/mol. The number of hydrogen-bond acceptors (Lipinski definition) is 6. The predicted molar refractivity (Wildman–Crippen MR) is 112 cm³/mol. The highest BCUT2D eigenvalue weighted by Crippen LogP contribution is 2.35. The van der Waals surface area contributed by atoms with Gasteiger partial charge in [-0.05, 0) is 42.2 Å². The van der Waals surface area contributed by atoms with E-state index >= 15 is 0 Å². The van der Waals surface area contributed by atoms with Gasteiger partial charge in [0.1, 0.15) is 0 Å². The third-order valence-electron chi connectivity index (χ3n) is 6.03. The standard InChI is InChI=1S/C21H25N3O5S/c25-19(15-5-6-20-21(11-15)29-14-28-20)13-23-9-7-17(8-10-23)24-18-4-2-1-3-16(18)12-22-30(24,26)27/h1-6,11,17,19,22,25H,7-10,12-14H2. The van der Waals surface area contributed by atoms with E-state index in [2.05, 4.69) is 9.62 Å². The molecule has 0 saturated carbocycles. The maximum absolute atomic E-state index is 12.7. The number of aliphatic hydroxyl groups excluding tert-OH is 1. The lowest BCUT2D eigenvalue weighted by atomic mass is 10.0. The first-order valence-electron chi connectivity index (χ1n) is 10.2. The summed E-state index contributed by atoms with van der Waals surface area (Å²) in [6, 6.07) is 13.0. The van der Waals surface area contributed by atoms with Crippen LogP contribution in [0.5, 0.6) is 11.5 Å². The maximum Gasteiger partial charge on any atom is 0.302 e. The van der Waals surface area contributed by atoms with E-state index in [1.54, 1.807) is 4.31 Å². The first-order valence-corrected chi connectivity index (χ1v) is 11.6. The Kier molecular flexibility index (Phi) is 5.06. The number of piperidine rings is 1. The normalized spacial score (nSPS) is 22.0. The minimum atomic E-state index is -3.54. The van der Waals surface area contributed by atoms with E-state index < -0.39 is 16.3 Å². The molecule has 9 heteroatoms. The molecule has 8 nitrogen and oxygen atoms in total. The fourth-order valence-corrected chi connectivity index (χ4v) is 5.96. The average molecular weight is 432 g/mol. The largest absolute Gasteiger partial charge is 0.454 e. The molecule has 3 aliphatic rings. The molecule has 1 fully saturated rings. The Labute approximate surface area is 176 Å². The molecule has 0 aromatic heterocycles. The van der Waals surface area contributed by atoms with Gasteiger partial charge in [0.2, 0.25) is 6.79 Å². The van der Waals surface area contributed by atoms with Crippen LogP contribution >= 0.6 is 0 Å². The van der Waals surface area contributed by atoms with Gasteiger partial charge in [-0.15, -0.1) is 0 Å². The lowest BCUT2D eigenvalue weighted by Crippen LogP contribution is -2.53. The zero-order valence-corrected chi connectivity index (χ0v) is 17.3. The SMILES string of the molecule is O=S1(=O)NCc2ccccc2N1C1CCN(CC(O)c2ccc3c(c2)OCO3)CC1. The summed E-state index contributed by atoms with van der Waals surface area (Å²) in [6.07, 6.45) is 0.781. The lowest BCUT2D eigenvalue weighted by molar-refractivity contribution is 0.0978. The Balaban J connectivity index is 1.24. The quantitative estimate of drug-likeness (QED) is 0.767. The summed E-state index contributed by atoms with van der Waals surface area (Å²) >= 11 is 0. The van der Waals surface area contributed by atoms with Gasteiger partial charge in [-0.3, -0.25) is 4.31 Å². The summed E-state index contributed by atoms with van der Waals surface area (Å²) in [5.41, 5.74) is 2.56. The zero-order chi connectivity index (χ0) is 20.7. The van der Waals surface area contributed by atoms with Gasteiger partial charge in [0.05, 0.1) is 11.8 Å². The number of anilines is 1. The fourth-order valence-electron chi connectivity index (χ4n) is 4.44. The van der Waals surface area contributed by atoms with Crippen LogP contribution in [0.2, 0.25) is 0 Å². The van der Waals surface area contributed by atoms with Crippen molar-refractivity contribution in [2.75, 3.05) is 30.7 Å². The van der Waals surface area contributed by atoms with E-state index in [-0.39, 0.29) is 12.8 Å². The van der Waals surface area contributed by atoms with E-state index in [4.69, 9.17) is 9.47 Å². The van der Waals surface area contributed by atoms with Crippen molar-refractivity contribution in [3.05, 3.63) is 53.6 Å². The van der Waals surface area contributed by atoms with Gasteiger partial charge in [0.25, 0.3) is 0 Å². The number of nitrogens with zero attached hydrogens (tertiary/aromatic N) is 2. The summed E-state index contributed by atoms with van der Waals surface area (Å²) in [5.74, 6) is 1.36. The van der Waals surface area contributed by atoms with Crippen LogP contribution in [0, 0.1) is 0 Å². The highest BCUT2D eigenvalue weighted by atomic mass is 32.2. The van der Waals surface area contributed by atoms with Crippen molar-refractivity contribution >= 4 is 15.9 Å². The summed E-state index contributed by atoms with van der Waals surface area (Å²) in [4.78, 5) is 2.18. The highest BCUT2D eigenvalue weighted by molar-refractivity contribution is 7.91. The summed E-state index contributed by atoms with van der Waals surface area (Å²) in [6.45, 7) is 2.48. The number of ether oxygens (including phenoxy) is 2. The lowest BCUT2D eigenvalue weighted by Gasteiger charge is -2.41. The topological polar surface area (TPSA) is 91.3 Å². The molecular formula is C21H25N3O5S. The second kappa shape index (κ2) is 7.73. The molecule has 3 heterocycles. The number of β-amino-alcohol motifs (C(OH)–C–C–N with tert-alkyl or cyclic N) is 1. The molecular weight excluding hydrogens is 406 g/mol. The van der Waals surface area contributed by atoms with Crippen molar-refractivity contribution < 1.29 is 23.0 Å². The van der Waals surface area contributed by atoms with Crippen molar-refractivity contribution in [1.82, 2.24) is 9.62 Å². The molecule has 0 aliphatic carbocycles. The van der Waals surface area contributed by atoms with E-state index in [0.29, 0.717) is 37.4 Å². The number of nitrogens with one attached hydrogen (secondary N) is 1. The molecule has 1 unspecified atom stereocenters. The molecule has 160 valence electrons. The highest BCUT2D eigenvalue weighted by Gasteiger charge is 2.36. The number of para-hydroxylation sites is 1. The van der Waals surface area contributed by atoms with Crippen molar-refractivity contribution in [2.24, 2.45) is 0 Å². The number of aliphatic hydroxyl groups is 1. The Bertz CT molecular complexity index is 1040. The second-order valence-electron chi connectivity index (χ2n) is 7.91. The Hall–Kier alpha value is -2.33. The van der Waals surface area contributed by atoms with Gasteiger partial charge < -0.3 is 19.5 Å². The maximum atomic E-state index is 12.7. The molecule has 0 spiro atoms. The summed E-state index contributed by atoms with van der Waals surface area (Å²) in [5, 5.41) is 10.7. The molecule has 1 atom stereocenters. The van der Waals surface area contributed by atoms with Crippen LogP contribution < -0.4 is 18.5 Å². The number of benzene rings is 2. The molecule has 2 aromatic carbocycles. The van der Waals surface area contributed by atoms with E-state index in [1.165, 1.54) is 0 Å². The van der Waals surface area contributed by atoms with Crippen LogP contribution in [0.25, 0.3) is 0 Å². The first-order chi connectivity index (χ1) is 14.5. The van der Waals surface area contributed by atoms with Gasteiger partial charge in [-0.25, -0.2) is 0 Å². The van der Waals surface area contributed by atoms with Crippen LogP contribution in [0.4, 0.5) is 5.69 Å². The van der Waals surface area contributed by atoms with Gasteiger partial charge in [0.15, 0.2) is 11.5 Å². The van der Waals surface area contributed by atoms with Crippen LogP contribution in [-0.4, -0.2) is 50.9 Å². The smallest absolute Gasteiger partial charge is 0.302 e. The Morgan fingerprint density at radius 2 is 1.87 bits per heavy atom. The average Bonchev–Trinajstić information content (AvgIpc) is 3.22. The van der Waals surface area contributed by atoms with Gasteiger partial charge >= 0.3 is 10.2 Å². The molecule has 5 rings (SSSR count). The van der Waals surface area contributed by atoms with Crippen molar-refractivity contribution in [3.8, 4) is 11.5 Å². The van der Waals surface area contributed by atoms with E-state index in [1.807, 2.05) is 42.5 Å². The molecule has 30 heavy (non-hydrogen) atoms. The molecule has 3 aliphatic heterocycles. The third kappa shape index (κ3) is 3.62. The Morgan fingerprint density at radius 3 is 2.70 bits per heavy atom. The zero-order valence-electron chi connectivity index (χ0n) is 16.5. The number of likely N-dealkylation sites (tertiary alicyclic amines) is 1. The van der Waals surface area contributed by atoms with Gasteiger partial charge in [-0.1, -0.05) is 24.3 Å². The fraction of sp³-hybridized carbons (Fsp3) is 0.429. The number of hydrogen-bond donors (Lipinski definition) is 2. The molecule has 0 radical (unpaired) electrons. The van der Waals surface area contributed by atoms with Gasteiger partial charge in [-0.2, -0.15) is 13.1 Å². The molecule has 1 saturated heterocycles. The molecule has 0 bridgehead atoms. The summed E-state index contributed by atoms with van der Waals surface area (Å²) < 4.78 is 40.4. The molecule has 2 aromatic rings. The minimum Gasteiger partial charge on any atom is -0.454 e.